The molecule has 0 unspecified atom stereocenters. The van der Waals surface area contributed by atoms with E-state index in [1.165, 1.54) is 13.2 Å². The Balaban J connectivity index is 2.47. The normalized spacial score (nSPS) is 19.5. The number of hydrazine groups is 1. The Morgan fingerprint density at radius 3 is 2.58 bits per heavy atom. The van der Waals surface area contributed by atoms with Gasteiger partial charge in [0.05, 0.1) is 7.11 Å². The van der Waals surface area contributed by atoms with E-state index in [-0.39, 0.29) is 13.0 Å². The molecule has 0 saturated carbocycles. The van der Waals surface area contributed by atoms with Crippen molar-refractivity contribution < 1.29 is 23.9 Å². The summed E-state index contributed by atoms with van der Waals surface area (Å²) in [5, 5.41) is 1.68. The Kier molecular flexibility index (Phi) is 4.92. The lowest BCUT2D eigenvalue weighted by Gasteiger charge is -2.54. The molecule has 2 rings (SSSR count). The predicted molar refractivity (Wildman–Crippen MR) is 85.8 cm³/mol. The van der Waals surface area contributed by atoms with E-state index >= 15 is 0 Å². The van der Waals surface area contributed by atoms with Crippen LogP contribution in [0, 0.1) is 6.92 Å². The quantitative estimate of drug-likeness (QED) is 0.793. The summed E-state index contributed by atoms with van der Waals surface area (Å²) in [6, 6.07) is 7.23. The second kappa shape index (κ2) is 6.74. The fraction of sp³-hybridized carbons (Fsp3) is 0.353. The van der Waals surface area contributed by atoms with Gasteiger partial charge < -0.3 is 9.47 Å². The third-order valence-corrected chi connectivity index (χ3v) is 3.96. The predicted octanol–water partition coefficient (Wildman–Crippen LogP) is 2.75. The molecule has 1 fully saturated rings. The van der Waals surface area contributed by atoms with Crippen molar-refractivity contribution in [3.8, 4) is 0 Å². The molecular weight excluding hydrogens is 312 g/mol. The van der Waals surface area contributed by atoms with Crippen LogP contribution < -0.4 is 0 Å². The molecule has 7 heteroatoms. The van der Waals surface area contributed by atoms with E-state index in [0.29, 0.717) is 10.6 Å². The van der Waals surface area contributed by atoms with E-state index in [0.717, 1.165) is 10.6 Å². The molecule has 0 radical (unpaired) electrons. The van der Waals surface area contributed by atoms with E-state index in [4.69, 9.17) is 9.47 Å². The lowest BCUT2D eigenvalue weighted by molar-refractivity contribution is -0.202. The summed E-state index contributed by atoms with van der Waals surface area (Å²) in [6.07, 6.45) is -0.0935. The van der Waals surface area contributed by atoms with Gasteiger partial charge in [0, 0.05) is 0 Å². The van der Waals surface area contributed by atoms with Gasteiger partial charge in [-0.05, 0) is 18.9 Å². The molecule has 0 spiro atoms. The number of benzene rings is 1. The molecule has 7 nitrogen and oxygen atoms in total. The van der Waals surface area contributed by atoms with Crippen molar-refractivity contribution in [1.29, 1.82) is 0 Å². The number of nitrogens with zero attached hydrogens (tertiary/aromatic N) is 2. The number of rotatable bonds is 4. The van der Waals surface area contributed by atoms with Gasteiger partial charge in [-0.3, -0.25) is 4.79 Å². The summed E-state index contributed by atoms with van der Waals surface area (Å²) < 4.78 is 9.65. The number of aryl methyl sites for hydroxylation is 1. The lowest BCUT2D eigenvalue weighted by atomic mass is 9.81. The average Bonchev–Trinajstić information content (AvgIpc) is 2.58. The van der Waals surface area contributed by atoms with Crippen LogP contribution in [-0.4, -0.2) is 41.8 Å². The van der Waals surface area contributed by atoms with Crippen LogP contribution in [-0.2, 0) is 19.8 Å². The Hall–Kier alpha value is -2.83. The van der Waals surface area contributed by atoms with Crippen molar-refractivity contribution in [2.24, 2.45) is 0 Å². The largest absolute Gasteiger partial charge is 0.451 e. The highest BCUT2D eigenvalue weighted by Crippen LogP contribution is 2.44. The molecular formula is C17H20N2O5. The van der Waals surface area contributed by atoms with Crippen LogP contribution in [0.4, 0.5) is 9.59 Å². The first-order chi connectivity index (χ1) is 11.4. The van der Waals surface area contributed by atoms with E-state index < -0.39 is 23.6 Å². The molecule has 24 heavy (non-hydrogen) atoms. The van der Waals surface area contributed by atoms with E-state index in [2.05, 4.69) is 6.58 Å². The molecule has 1 aromatic carbocycles. The molecule has 0 aliphatic carbocycles. The molecule has 1 saturated heterocycles. The number of hydrogen-bond donors (Lipinski definition) is 0. The number of ether oxygens (including phenoxy) is 2. The summed E-state index contributed by atoms with van der Waals surface area (Å²) in [4.78, 5) is 37.2. The number of hydrogen-bond acceptors (Lipinski definition) is 5. The van der Waals surface area contributed by atoms with Gasteiger partial charge in [0.25, 0.3) is 5.91 Å². The van der Waals surface area contributed by atoms with Crippen LogP contribution >= 0.6 is 0 Å². The topological polar surface area (TPSA) is 76.2 Å². The molecule has 0 N–H and O–H groups in total. The number of imide groups is 1. The van der Waals surface area contributed by atoms with Crippen molar-refractivity contribution >= 4 is 18.1 Å². The van der Waals surface area contributed by atoms with Gasteiger partial charge in [0.2, 0.25) is 0 Å². The zero-order valence-corrected chi connectivity index (χ0v) is 13.9. The summed E-state index contributed by atoms with van der Waals surface area (Å²) in [7, 11) is 1.19. The lowest BCUT2D eigenvalue weighted by Crippen LogP contribution is -2.77. The highest BCUT2D eigenvalue weighted by atomic mass is 16.6. The van der Waals surface area contributed by atoms with Crippen LogP contribution in [0.5, 0.6) is 0 Å². The first-order valence-electron chi connectivity index (χ1n) is 7.51. The second-order valence-electron chi connectivity index (χ2n) is 5.35. The van der Waals surface area contributed by atoms with Gasteiger partial charge in [-0.25, -0.2) is 9.59 Å². The van der Waals surface area contributed by atoms with Crippen molar-refractivity contribution in [2.75, 3.05) is 13.7 Å². The Morgan fingerprint density at radius 2 is 2.04 bits per heavy atom. The maximum Gasteiger partial charge on any atom is 0.436 e. The first-order valence-corrected chi connectivity index (χ1v) is 7.51. The molecule has 1 aromatic rings. The van der Waals surface area contributed by atoms with Crippen LogP contribution in [0.15, 0.2) is 36.9 Å². The molecule has 0 bridgehead atoms. The highest BCUT2D eigenvalue weighted by Gasteiger charge is 2.65. The van der Waals surface area contributed by atoms with Gasteiger partial charge >= 0.3 is 12.2 Å². The minimum absolute atomic E-state index is 0.0683. The van der Waals surface area contributed by atoms with Gasteiger partial charge in [0.15, 0.2) is 5.54 Å². The minimum atomic E-state index is -1.29. The van der Waals surface area contributed by atoms with E-state index in [1.807, 2.05) is 19.1 Å². The third-order valence-electron chi connectivity index (χ3n) is 3.96. The SMILES string of the molecule is C=CCOC(=O)N1C(=O)[C@@](CC)(c2cccc(C)c2)N1C(=O)OC. The van der Waals surface area contributed by atoms with Crippen LogP contribution in [0.25, 0.3) is 0 Å². The molecule has 0 aromatic heterocycles. The monoisotopic (exact) mass is 332 g/mol. The molecule has 128 valence electrons. The van der Waals surface area contributed by atoms with Crippen molar-refractivity contribution in [3.05, 3.63) is 48.0 Å². The smallest absolute Gasteiger partial charge is 0.436 e. The molecule has 1 aliphatic rings. The summed E-state index contributed by atoms with van der Waals surface area (Å²) in [5.41, 5.74) is 0.269. The first kappa shape index (κ1) is 17.5. The van der Waals surface area contributed by atoms with Gasteiger partial charge in [-0.15, -0.1) is 5.01 Å². The van der Waals surface area contributed by atoms with Crippen LogP contribution in [0.1, 0.15) is 24.5 Å². The fourth-order valence-electron chi connectivity index (χ4n) is 2.82. The average molecular weight is 332 g/mol. The third kappa shape index (κ3) is 2.51. The van der Waals surface area contributed by atoms with Gasteiger partial charge in [0.1, 0.15) is 6.61 Å². The summed E-state index contributed by atoms with van der Waals surface area (Å²) >= 11 is 0. The van der Waals surface area contributed by atoms with E-state index in [9.17, 15) is 14.4 Å². The molecule has 3 amide bonds. The Morgan fingerprint density at radius 1 is 1.33 bits per heavy atom. The Labute approximate surface area is 140 Å². The van der Waals surface area contributed by atoms with Crippen molar-refractivity contribution in [2.45, 2.75) is 25.8 Å². The number of carbonyl (C=O) groups is 3. The van der Waals surface area contributed by atoms with Gasteiger partial charge in [-0.2, -0.15) is 5.01 Å². The zero-order chi connectivity index (χ0) is 17.9. The van der Waals surface area contributed by atoms with E-state index in [1.54, 1.807) is 19.1 Å². The minimum Gasteiger partial charge on any atom is -0.451 e. The number of carbonyl (C=O) groups excluding carboxylic acids is 3. The maximum atomic E-state index is 12.8. The maximum absolute atomic E-state index is 12.8. The van der Waals surface area contributed by atoms with Crippen molar-refractivity contribution in [3.63, 3.8) is 0 Å². The zero-order valence-electron chi connectivity index (χ0n) is 13.9. The van der Waals surface area contributed by atoms with Crippen LogP contribution in [0.3, 0.4) is 0 Å². The summed E-state index contributed by atoms with van der Waals surface area (Å²) in [5.74, 6) is -0.532. The second-order valence-corrected chi connectivity index (χ2v) is 5.35. The highest BCUT2D eigenvalue weighted by molar-refractivity contribution is 6.06. The summed E-state index contributed by atoms with van der Waals surface area (Å²) in [6.45, 7) is 7.02. The van der Waals surface area contributed by atoms with Crippen LogP contribution in [0.2, 0.25) is 0 Å². The standard InChI is InChI=1S/C17H20N2O5/c1-5-10-24-15(21)18-14(20)17(6-2,19(18)16(22)23-4)13-9-7-8-12(3)11-13/h5,7-9,11H,1,6,10H2,2-4H3/t17-/m1/s1. The number of amides is 3. The molecule has 1 aliphatic heterocycles. The fourth-order valence-corrected chi connectivity index (χ4v) is 2.82. The Bertz CT molecular complexity index is 687. The number of methoxy groups -OCH3 is 1. The van der Waals surface area contributed by atoms with Crippen molar-refractivity contribution in [1.82, 2.24) is 10.0 Å². The molecule has 1 heterocycles. The van der Waals surface area contributed by atoms with Gasteiger partial charge in [-0.1, -0.05) is 49.4 Å². The molecule has 1 atom stereocenters.